The van der Waals surface area contributed by atoms with Crippen LogP contribution in [0, 0.1) is 12.7 Å². The minimum absolute atomic E-state index is 0.143. The lowest BCUT2D eigenvalue weighted by Gasteiger charge is -2.10. The SMILES string of the molecule is Cc1ccc2c(c1)c1ncn(Cc3ccc(F)cc3)c(=O)c1n2Cc1ccccc1Cl. The summed E-state index contributed by atoms with van der Waals surface area (Å²) in [4.78, 5) is 18.2. The van der Waals surface area contributed by atoms with Crippen LogP contribution in [0.25, 0.3) is 21.9 Å². The van der Waals surface area contributed by atoms with Crippen molar-refractivity contribution in [2.75, 3.05) is 0 Å². The normalized spacial score (nSPS) is 11.5. The number of nitrogens with zero attached hydrogens (tertiary/aromatic N) is 3. The Bertz CT molecular complexity index is 1490. The summed E-state index contributed by atoms with van der Waals surface area (Å²) in [6, 6.07) is 19.9. The highest BCUT2D eigenvalue weighted by molar-refractivity contribution is 6.31. The molecule has 0 N–H and O–H groups in total. The van der Waals surface area contributed by atoms with Gasteiger partial charge in [0.05, 0.1) is 18.4 Å². The maximum atomic E-state index is 13.5. The molecule has 2 heterocycles. The summed E-state index contributed by atoms with van der Waals surface area (Å²) in [6.07, 6.45) is 1.57. The number of fused-ring (bicyclic) bond motifs is 3. The van der Waals surface area contributed by atoms with E-state index >= 15 is 0 Å². The van der Waals surface area contributed by atoms with Gasteiger partial charge in [0.15, 0.2) is 0 Å². The van der Waals surface area contributed by atoms with Crippen LogP contribution < -0.4 is 5.56 Å². The number of hydrogen-bond donors (Lipinski definition) is 0. The number of aromatic nitrogens is 3. The van der Waals surface area contributed by atoms with Gasteiger partial charge in [-0.15, -0.1) is 0 Å². The first-order valence-electron chi connectivity index (χ1n) is 9.97. The first kappa shape index (κ1) is 19.5. The van der Waals surface area contributed by atoms with E-state index < -0.39 is 0 Å². The van der Waals surface area contributed by atoms with Crippen LogP contribution in [0.5, 0.6) is 0 Å². The molecular weight excluding hydrogens is 413 g/mol. The summed E-state index contributed by atoms with van der Waals surface area (Å²) in [5.41, 5.74) is 4.85. The monoisotopic (exact) mass is 431 g/mol. The molecule has 0 amide bonds. The molecule has 0 spiro atoms. The molecule has 0 unspecified atom stereocenters. The first-order chi connectivity index (χ1) is 15.0. The van der Waals surface area contributed by atoms with Crippen LogP contribution in [0.3, 0.4) is 0 Å². The highest BCUT2D eigenvalue weighted by atomic mass is 35.5. The molecule has 0 bridgehead atoms. The largest absolute Gasteiger partial charge is 0.330 e. The predicted octanol–water partition coefficient (Wildman–Crippen LogP) is 5.55. The molecule has 0 atom stereocenters. The number of rotatable bonds is 4. The molecule has 0 radical (unpaired) electrons. The van der Waals surface area contributed by atoms with E-state index in [9.17, 15) is 9.18 Å². The van der Waals surface area contributed by atoms with Crippen LogP contribution in [0.4, 0.5) is 4.39 Å². The van der Waals surface area contributed by atoms with E-state index in [0.717, 1.165) is 27.6 Å². The Morgan fingerprint density at radius 2 is 1.77 bits per heavy atom. The summed E-state index contributed by atoms with van der Waals surface area (Å²) in [5, 5.41) is 1.59. The van der Waals surface area contributed by atoms with Crippen molar-refractivity contribution in [1.29, 1.82) is 0 Å². The molecule has 2 aromatic heterocycles. The van der Waals surface area contributed by atoms with Crippen LogP contribution in [0.1, 0.15) is 16.7 Å². The number of halogens is 2. The Kier molecular flexibility index (Phi) is 4.83. The third-order valence-electron chi connectivity index (χ3n) is 5.53. The maximum Gasteiger partial charge on any atom is 0.278 e. The summed E-state index contributed by atoms with van der Waals surface area (Å²) in [6.45, 7) is 2.79. The van der Waals surface area contributed by atoms with Gasteiger partial charge in [-0.2, -0.15) is 0 Å². The minimum atomic E-state index is -0.306. The quantitative estimate of drug-likeness (QED) is 0.374. The van der Waals surface area contributed by atoms with Crippen molar-refractivity contribution < 1.29 is 4.39 Å². The molecule has 4 nitrogen and oxygen atoms in total. The molecule has 0 saturated heterocycles. The molecule has 0 fully saturated rings. The van der Waals surface area contributed by atoms with Gasteiger partial charge in [0.2, 0.25) is 0 Å². The predicted molar refractivity (Wildman–Crippen MR) is 122 cm³/mol. The minimum Gasteiger partial charge on any atom is -0.330 e. The lowest BCUT2D eigenvalue weighted by Crippen LogP contribution is -2.23. The smallest absolute Gasteiger partial charge is 0.278 e. The van der Waals surface area contributed by atoms with Crippen molar-refractivity contribution >= 4 is 33.5 Å². The zero-order chi connectivity index (χ0) is 21.5. The molecule has 6 heteroatoms. The lowest BCUT2D eigenvalue weighted by atomic mass is 10.1. The van der Waals surface area contributed by atoms with E-state index in [2.05, 4.69) is 11.1 Å². The molecule has 0 aliphatic rings. The second kappa shape index (κ2) is 7.67. The van der Waals surface area contributed by atoms with Crippen molar-refractivity contribution in [3.8, 4) is 0 Å². The molecule has 5 aromatic rings. The van der Waals surface area contributed by atoms with Crippen LogP contribution in [0.2, 0.25) is 5.02 Å². The fourth-order valence-corrected chi connectivity index (χ4v) is 4.17. The second-order valence-corrected chi connectivity index (χ2v) is 8.11. The average molecular weight is 432 g/mol. The molecule has 31 heavy (non-hydrogen) atoms. The summed E-state index contributed by atoms with van der Waals surface area (Å²) >= 11 is 6.42. The van der Waals surface area contributed by atoms with Gasteiger partial charge in [-0.1, -0.05) is 53.6 Å². The Morgan fingerprint density at radius 3 is 2.55 bits per heavy atom. The van der Waals surface area contributed by atoms with E-state index in [1.54, 1.807) is 23.0 Å². The zero-order valence-electron chi connectivity index (χ0n) is 16.8. The molecular formula is C25H19ClFN3O. The number of hydrogen-bond acceptors (Lipinski definition) is 2. The zero-order valence-corrected chi connectivity index (χ0v) is 17.6. The number of benzene rings is 3. The van der Waals surface area contributed by atoms with E-state index in [1.807, 2.05) is 47.9 Å². The van der Waals surface area contributed by atoms with Crippen molar-refractivity contribution in [2.45, 2.75) is 20.0 Å². The Morgan fingerprint density at radius 1 is 1.00 bits per heavy atom. The van der Waals surface area contributed by atoms with Crippen LogP contribution >= 0.6 is 11.6 Å². The topological polar surface area (TPSA) is 39.8 Å². The summed E-state index contributed by atoms with van der Waals surface area (Å²) in [5.74, 6) is -0.306. The van der Waals surface area contributed by atoms with Crippen LogP contribution in [-0.2, 0) is 13.1 Å². The van der Waals surface area contributed by atoms with Crippen molar-refractivity contribution in [1.82, 2.24) is 14.1 Å². The van der Waals surface area contributed by atoms with Gasteiger partial charge in [-0.25, -0.2) is 9.37 Å². The fourth-order valence-electron chi connectivity index (χ4n) is 3.97. The fraction of sp³-hybridized carbons (Fsp3) is 0.120. The lowest BCUT2D eigenvalue weighted by molar-refractivity contribution is 0.626. The van der Waals surface area contributed by atoms with Gasteiger partial charge >= 0.3 is 0 Å². The molecule has 154 valence electrons. The molecule has 0 saturated carbocycles. The van der Waals surface area contributed by atoms with E-state index in [-0.39, 0.29) is 11.4 Å². The van der Waals surface area contributed by atoms with Gasteiger partial charge in [0, 0.05) is 17.0 Å². The summed E-state index contributed by atoms with van der Waals surface area (Å²) < 4.78 is 16.8. The molecule has 3 aromatic carbocycles. The highest BCUT2D eigenvalue weighted by Crippen LogP contribution is 2.28. The Labute approximate surface area is 183 Å². The van der Waals surface area contributed by atoms with Gasteiger partial charge in [-0.05, 0) is 48.4 Å². The second-order valence-electron chi connectivity index (χ2n) is 7.70. The highest BCUT2D eigenvalue weighted by Gasteiger charge is 2.17. The van der Waals surface area contributed by atoms with Crippen LogP contribution in [0.15, 0.2) is 77.9 Å². The summed E-state index contributed by atoms with van der Waals surface area (Å²) in [7, 11) is 0. The maximum absolute atomic E-state index is 13.5. The van der Waals surface area contributed by atoms with Gasteiger partial charge in [-0.3, -0.25) is 9.36 Å². The van der Waals surface area contributed by atoms with Crippen LogP contribution in [-0.4, -0.2) is 14.1 Å². The molecule has 5 rings (SSSR count). The van der Waals surface area contributed by atoms with Gasteiger partial charge in [0.25, 0.3) is 5.56 Å². The van der Waals surface area contributed by atoms with E-state index in [1.165, 1.54) is 12.1 Å². The standard InChI is InChI=1S/C25H19ClFN3O/c1-16-6-11-22-20(12-16)23-24(30(22)14-18-4-2-3-5-21(18)26)25(31)29(15-28-23)13-17-7-9-19(27)10-8-17/h2-12,15H,13-14H2,1H3. The van der Waals surface area contributed by atoms with E-state index in [0.29, 0.717) is 29.1 Å². The van der Waals surface area contributed by atoms with Crippen molar-refractivity contribution in [3.05, 3.63) is 111 Å². The molecule has 0 aliphatic carbocycles. The Balaban J connectivity index is 1.73. The van der Waals surface area contributed by atoms with Crippen molar-refractivity contribution in [2.24, 2.45) is 0 Å². The molecule has 0 aliphatic heterocycles. The number of aryl methyl sites for hydroxylation is 1. The Hall–Kier alpha value is -3.44. The van der Waals surface area contributed by atoms with Gasteiger partial charge < -0.3 is 4.57 Å². The first-order valence-corrected chi connectivity index (χ1v) is 10.3. The average Bonchev–Trinajstić information content (AvgIpc) is 3.06. The van der Waals surface area contributed by atoms with E-state index in [4.69, 9.17) is 11.6 Å². The van der Waals surface area contributed by atoms with Gasteiger partial charge in [0.1, 0.15) is 16.9 Å². The third-order valence-corrected chi connectivity index (χ3v) is 5.90. The van der Waals surface area contributed by atoms with Crippen molar-refractivity contribution in [3.63, 3.8) is 0 Å². The third kappa shape index (κ3) is 3.51.